The van der Waals surface area contributed by atoms with Gasteiger partial charge in [-0.25, -0.2) is 9.97 Å². The molecule has 1 heterocycles. The van der Waals surface area contributed by atoms with Crippen molar-refractivity contribution in [1.82, 2.24) is 9.97 Å². The SMILES string of the molecule is NC(=O)c1ncc(NC2CCCC[C@@H]2N)nc1N=C([SH2+])C1=C(N)C=CCC1. The van der Waals surface area contributed by atoms with Gasteiger partial charge < -0.3 is 22.5 Å². The van der Waals surface area contributed by atoms with E-state index in [1.54, 1.807) is 0 Å². The van der Waals surface area contributed by atoms with E-state index in [4.69, 9.17) is 17.2 Å². The molecule has 7 N–H and O–H groups in total. The fraction of sp³-hybridized carbons (Fsp3) is 0.444. The van der Waals surface area contributed by atoms with Gasteiger partial charge in [0.05, 0.1) is 11.8 Å². The zero-order valence-corrected chi connectivity index (χ0v) is 16.1. The molecule has 3 rings (SSSR count). The topological polar surface area (TPSA) is 145 Å². The van der Waals surface area contributed by atoms with Crippen LogP contribution in [0.5, 0.6) is 0 Å². The van der Waals surface area contributed by atoms with Gasteiger partial charge in [0.1, 0.15) is 5.82 Å². The first kappa shape index (κ1) is 19.4. The van der Waals surface area contributed by atoms with E-state index in [2.05, 4.69) is 32.9 Å². The van der Waals surface area contributed by atoms with Gasteiger partial charge in [-0.05, 0) is 31.8 Å². The number of hydrogen-bond donors (Lipinski definition) is 4. The normalized spacial score (nSPS) is 23.4. The van der Waals surface area contributed by atoms with Gasteiger partial charge in [0.25, 0.3) is 5.91 Å². The highest BCUT2D eigenvalue weighted by Gasteiger charge is 2.23. The predicted molar refractivity (Wildman–Crippen MR) is 111 cm³/mol. The van der Waals surface area contributed by atoms with Crippen LogP contribution in [0.25, 0.3) is 0 Å². The van der Waals surface area contributed by atoms with Crippen molar-refractivity contribution in [3.8, 4) is 0 Å². The van der Waals surface area contributed by atoms with Crippen LogP contribution in [0.1, 0.15) is 49.0 Å². The molecule has 1 aromatic heterocycles. The van der Waals surface area contributed by atoms with Crippen LogP contribution in [0.4, 0.5) is 11.6 Å². The molecule has 27 heavy (non-hydrogen) atoms. The highest BCUT2D eigenvalue weighted by Crippen LogP contribution is 2.24. The smallest absolute Gasteiger partial charge is 0.271 e. The number of anilines is 1. The average molecular weight is 389 g/mol. The summed E-state index contributed by atoms with van der Waals surface area (Å²) in [5, 5.41) is 3.83. The van der Waals surface area contributed by atoms with Gasteiger partial charge in [0.2, 0.25) is 5.04 Å². The Bertz CT molecular complexity index is 818. The number of primary amides is 1. The molecule has 144 valence electrons. The van der Waals surface area contributed by atoms with Crippen molar-refractivity contribution in [2.24, 2.45) is 22.2 Å². The number of nitrogens with one attached hydrogen (secondary N) is 1. The third-order valence-corrected chi connectivity index (χ3v) is 5.26. The molecule has 2 atom stereocenters. The van der Waals surface area contributed by atoms with Crippen LogP contribution in [0, 0.1) is 0 Å². The van der Waals surface area contributed by atoms with E-state index in [9.17, 15) is 4.79 Å². The number of allylic oxidation sites excluding steroid dienone is 2. The number of aliphatic imine (C=N–C) groups is 1. The molecule has 9 heteroatoms. The molecular weight excluding hydrogens is 362 g/mol. The van der Waals surface area contributed by atoms with E-state index in [-0.39, 0.29) is 23.6 Å². The summed E-state index contributed by atoms with van der Waals surface area (Å²) in [6.07, 6.45) is 11.2. The van der Waals surface area contributed by atoms with Crippen LogP contribution in [-0.2, 0) is 12.6 Å². The minimum Gasteiger partial charge on any atom is -0.398 e. The van der Waals surface area contributed by atoms with Gasteiger partial charge in [0.15, 0.2) is 11.5 Å². The molecule has 0 bridgehead atoms. The molecule has 2 aliphatic carbocycles. The third kappa shape index (κ3) is 4.67. The number of carbonyl (C=O) groups is 1. The fourth-order valence-corrected chi connectivity index (χ4v) is 3.72. The zero-order chi connectivity index (χ0) is 19.4. The molecule has 0 saturated heterocycles. The third-order valence-electron chi connectivity index (χ3n) is 4.85. The molecule has 0 spiro atoms. The number of nitrogens with two attached hydrogens (primary N) is 3. The lowest BCUT2D eigenvalue weighted by Crippen LogP contribution is -2.42. The first-order valence-corrected chi connectivity index (χ1v) is 9.60. The van der Waals surface area contributed by atoms with E-state index in [0.717, 1.165) is 44.1 Å². The van der Waals surface area contributed by atoms with E-state index in [0.29, 0.717) is 16.6 Å². The number of amides is 1. The second-order valence-electron chi connectivity index (χ2n) is 6.83. The van der Waals surface area contributed by atoms with Crippen molar-refractivity contribution in [1.29, 1.82) is 0 Å². The predicted octanol–water partition coefficient (Wildman–Crippen LogP) is 0.862. The minimum atomic E-state index is -0.688. The van der Waals surface area contributed by atoms with Gasteiger partial charge >= 0.3 is 0 Å². The monoisotopic (exact) mass is 388 g/mol. The maximum absolute atomic E-state index is 11.7. The number of nitrogens with zero attached hydrogens (tertiary/aromatic N) is 3. The molecule has 0 aliphatic heterocycles. The van der Waals surface area contributed by atoms with Crippen LogP contribution in [0.15, 0.2) is 34.6 Å². The quantitative estimate of drug-likeness (QED) is 0.334. The average Bonchev–Trinajstić information content (AvgIpc) is 2.64. The molecule has 1 unspecified atom stereocenters. The molecule has 0 aromatic carbocycles. The van der Waals surface area contributed by atoms with Crippen molar-refractivity contribution in [3.63, 3.8) is 0 Å². The van der Waals surface area contributed by atoms with Crippen LogP contribution in [0.3, 0.4) is 0 Å². The Hall–Kier alpha value is -2.39. The molecule has 8 nitrogen and oxygen atoms in total. The van der Waals surface area contributed by atoms with Gasteiger partial charge in [-0.15, -0.1) is 0 Å². The second kappa shape index (κ2) is 8.53. The molecule has 0 radical (unpaired) electrons. The largest absolute Gasteiger partial charge is 0.398 e. The van der Waals surface area contributed by atoms with Crippen molar-refractivity contribution in [2.45, 2.75) is 50.6 Å². The summed E-state index contributed by atoms with van der Waals surface area (Å²) in [4.78, 5) is 24.8. The summed E-state index contributed by atoms with van der Waals surface area (Å²) in [5.41, 5.74) is 19.2. The summed E-state index contributed by atoms with van der Waals surface area (Å²) in [6, 6.07) is 0.183. The standard InChI is InChI=1S/C18H25N7OS/c19-11-6-2-1-5-10(11)18(27)25-17-15(16(21)26)22-9-14(24-17)23-13-8-4-3-7-12(13)20/h2,6,9,12-13H,1,3-5,7-8,19-20H2,(H2,21,26)(H2,23,24,25,27)/p+1/t12-,13?/m0/s1. The summed E-state index contributed by atoms with van der Waals surface area (Å²) >= 11 is 3.51. The molecule has 1 aromatic rings. The van der Waals surface area contributed by atoms with Gasteiger partial charge in [-0.2, -0.15) is 4.99 Å². The highest BCUT2D eigenvalue weighted by molar-refractivity contribution is 7.78. The maximum atomic E-state index is 11.7. The maximum Gasteiger partial charge on any atom is 0.271 e. The molecule has 1 amide bonds. The van der Waals surface area contributed by atoms with Crippen LogP contribution in [0.2, 0.25) is 0 Å². The van der Waals surface area contributed by atoms with Crippen molar-refractivity contribution in [3.05, 3.63) is 35.3 Å². The Morgan fingerprint density at radius 1 is 1.33 bits per heavy atom. The van der Waals surface area contributed by atoms with E-state index >= 15 is 0 Å². The first-order valence-electron chi connectivity index (χ1n) is 9.10. The zero-order valence-electron chi connectivity index (χ0n) is 15.1. The number of aromatic nitrogens is 2. The molecular formula is C18H26N7OS+. The second-order valence-corrected chi connectivity index (χ2v) is 7.30. The van der Waals surface area contributed by atoms with E-state index in [1.165, 1.54) is 6.20 Å². The number of hydrogen-bond acceptors (Lipinski definition) is 7. The molecule has 1 fully saturated rings. The lowest BCUT2D eigenvalue weighted by Gasteiger charge is -2.29. The molecule has 1 saturated carbocycles. The van der Waals surface area contributed by atoms with Gasteiger partial charge in [-0.3, -0.25) is 4.79 Å². The van der Waals surface area contributed by atoms with E-state index in [1.807, 2.05) is 12.2 Å². The minimum absolute atomic E-state index is 0.00904. The number of carbonyl (C=O) groups excluding carboxylic acids is 1. The molecule has 2 aliphatic rings. The Labute approximate surface area is 163 Å². The Kier molecular flexibility index (Phi) is 6.12. The van der Waals surface area contributed by atoms with Crippen LogP contribution in [-0.4, -0.2) is 33.0 Å². The van der Waals surface area contributed by atoms with Gasteiger partial charge in [-0.1, -0.05) is 18.9 Å². The van der Waals surface area contributed by atoms with Crippen LogP contribution >= 0.6 is 0 Å². The lowest BCUT2D eigenvalue weighted by molar-refractivity contribution is 0.0996. The fourth-order valence-electron chi connectivity index (χ4n) is 3.34. The van der Waals surface area contributed by atoms with Crippen molar-refractivity contribution in [2.75, 3.05) is 5.32 Å². The lowest BCUT2D eigenvalue weighted by atomic mass is 9.91. The van der Waals surface area contributed by atoms with Crippen molar-refractivity contribution < 1.29 is 4.79 Å². The van der Waals surface area contributed by atoms with Crippen molar-refractivity contribution >= 4 is 35.2 Å². The highest BCUT2D eigenvalue weighted by atomic mass is 32.1. The van der Waals surface area contributed by atoms with Gasteiger partial charge in [0, 0.05) is 30.4 Å². The Balaban J connectivity index is 1.91. The summed E-state index contributed by atoms with van der Waals surface area (Å²) in [7, 11) is 0. The van der Waals surface area contributed by atoms with E-state index < -0.39 is 5.91 Å². The summed E-state index contributed by atoms with van der Waals surface area (Å²) < 4.78 is 0. The van der Waals surface area contributed by atoms with Crippen LogP contribution < -0.4 is 22.5 Å². The number of rotatable bonds is 5. The summed E-state index contributed by atoms with van der Waals surface area (Å²) in [6.45, 7) is 0. The summed E-state index contributed by atoms with van der Waals surface area (Å²) in [5.74, 6) is -0.0186. The first-order chi connectivity index (χ1) is 13.0. The Morgan fingerprint density at radius 3 is 2.81 bits per heavy atom. The Morgan fingerprint density at radius 2 is 2.11 bits per heavy atom.